The molecule has 164 valence electrons. The average molecular weight is 399 g/mol. The lowest BCUT2D eigenvalue weighted by atomic mass is 9.60. The lowest BCUT2D eigenvalue weighted by Gasteiger charge is -2.44. The van der Waals surface area contributed by atoms with Crippen LogP contribution in [0.25, 0.3) is 0 Å². The summed E-state index contributed by atoms with van der Waals surface area (Å²) in [5, 5.41) is 10.0. The van der Waals surface area contributed by atoms with Gasteiger partial charge in [-0.25, -0.2) is 0 Å². The number of aliphatic hydroxyl groups is 1. The molecule has 0 radical (unpaired) electrons. The Balaban J connectivity index is 1.70. The zero-order valence-electron chi connectivity index (χ0n) is 19.8. The SMILES string of the molecule is C=C1CC[C@H](O)CC1=CC=C1CCC[C@@]2(C)C1CC[C@@H]2[C@H](C)CC[C@H](C)C(C)C. The molecule has 3 aliphatic carbocycles. The maximum Gasteiger partial charge on any atom is 0.0583 e. The Hall–Kier alpha value is -0.820. The summed E-state index contributed by atoms with van der Waals surface area (Å²) < 4.78 is 0. The van der Waals surface area contributed by atoms with Crippen LogP contribution in [0.3, 0.4) is 0 Å². The van der Waals surface area contributed by atoms with Gasteiger partial charge in [0.15, 0.2) is 0 Å². The van der Waals surface area contributed by atoms with Crippen molar-refractivity contribution in [2.45, 2.75) is 105 Å². The van der Waals surface area contributed by atoms with Gasteiger partial charge in [0.05, 0.1) is 6.10 Å². The second kappa shape index (κ2) is 9.54. The highest BCUT2D eigenvalue weighted by Gasteiger charge is 2.50. The van der Waals surface area contributed by atoms with Crippen LogP contribution in [0, 0.1) is 35.0 Å². The van der Waals surface area contributed by atoms with E-state index in [0.29, 0.717) is 5.41 Å². The first kappa shape index (κ1) is 22.9. The molecule has 3 aliphatic rings. The summed E-state index contributed by atoms with van der Waals surface area (Å²) in [6.45, 7) is 16.6. The number of aliphatic hydroxyl groups excluding tert-OH is 1. The summed E-state index contributed by atoms with van der Waals surface area (Å²) >= 11 is 0. The number of allylic oxidation sites excluding steroid dienone is 4. The van der Waals surface area contributed by atoms with Crippen molar-refractivity contribution in [1.82, 2.24) is 0 Å². The first-order valence-corrected chi connectivity index (χ1v) is 12.5. The molecule has 0 aromatic rings. The predicted molar refractivity (Wildman–Crippen MR) is 126 cm³/mol. The quantitative estimate of drug-likeness (QED) is 0.482. The van der Waals surface area contributed by atoms with Gasteiger partial charge in [0.25, 0.3) is 0 Å². The monoisotopic (exact) mass is 398 g/mol. The van der Waals surface area contributed by atoms with Gasteiger partial charge in [0.1, 0.15) is 0 Å². The van der Waals surface area contributed by atoms with E-state index < -0.39 is 0 Å². The molecular weight excluding hydrogens is 352 g/mol. The summed E-state index contributed by atoms with van der Waals surface area (Å²) in [5.41, 5.74) is 4.70. The van der Waals surface area contributed by atoms with Crippen LogP contribution in [-0.4, -0.2) is 11.2 Å². The highest BCUT2D eigenvalue weighted by molar-refractivity contribution is 5.36. The topological polar surface area (TPSA) is 20.2 Å². The van der Waals surface area contributed by atoms with Crippen molar-refractivity contribution < 1.29 is 5.11 Å². The van der Waals surface area contributed by atoms with E-state index in [0.717, 1.165) is 48.9 Å². The Morgan fingerprint density at radius 1 is 1.07 bits per heavy atom. The Kier molecular flexibility index (Phi) is 7.52. The van der Waals surface area contributed by atoms with E-state index in [9.17, 15) is 5.11 Å². The van der Waals surface area contributed by atoms with Gasteiger partial charge in [-0.1, -0.05) is 77.3 Å². The van der Waals surface area contributed by atoms with Gasteiger partial charge < -0.3 is 5.11 Å². The van der Waals surface area contributed by atoms with Crippen molar-refractivity contribution >= 4 is 0 Å². The molecule has 0 amide bonds. The van der Waals surface area contributed by atoms with Crippen molar-refractivity contribution in [3.05, 3.63) is 35.5 Å². The molecule has 29 heavy (non-hydrogen) atoms. The molecule has 0 saturated heterocycles. The maximum atomic E-state index is 10.0. The Morgan fingerprint density at radius 2 is 1.83 bits per heavy atom. The zero-order valence-corrected chi connectivity index (χ0v) is 19.8. The van der Waals surface area contributed by atoms with Crippen LogP contribution in [0.4, 0.5) is 0 Å². The van der Waals surface area contributed by atoms with Crippen LogP contribution in [0.2, 0.25) is 0 Å². The maximum absolute atomic E-state index is 10.0. The van der Waals surface area contributed by atoms with Crippen LogP contribution >= 0.6 is 0 Å². The third-order valence-corrected chi connectivity index (χ3v) is 9.13. The van der Waals surface area contributed by atoms with E-state index >= 15 is 0 Å². The normalized spacial score (nSPS) is 37.9. The van der Waals surface area contributed by atoms with Gasteiger partial charge in [-0.3, -0.25) is 0 Å². The smallest absolute Gasteiger partial charge is 0.0583 e. The molecule has 0 bridgehead atoms. The van der Waals surface area contributed by atoms with E-state index in [1.54, 1.807) is 5.57 Å². The zero-order chi connectivity index (χ0) is 21.2. The third-order valence-electron chi connectivity index (χ3n) is 9.13. The fraction of sp³-hybridized carbons (Fsp3) is 0.786. The minimum Gasteiger partial charge on any atom is -0.393 e. The molecule has 6 atom stereocenters. The molecule has 0 spiro atoms. The van der Waals surface area contributed by atoms with Crippen LogP contribution in [-0.2, 0) is 0 Å². The second-order valence-corrected chi connectivity index (χ2v) is 11.3. The van der Waals surface area contributed by atoms with E-state index in [1.807, 2.05) is 0 Å². The summed E-state index contributed by atoms with van der Waals surface area (Å²) in [6.07, 6.45) is 16.8. The van der Waals surface area contributed by atoms with Gasteiger partial charge >= 0.3 is 0 Å². The molecule has 3 fully saturated rings. The molecule has 0 aromatic heterocycles. The van der Waals surface area contributed by atoms with Crippen molar-refractivity contribution in [2.24, 2.45) is 35.0 Å². The van der Waals surface area contributed by atoms with E-state index in [1.165, 1.54) is 56.1 Å². The number of hydrogen-bond acceptors (Lipinski definition) is 1. The summed E-state index contributed by atoms with van der Waals surface area (Å²) in [7, 11) is 0. The molecular formula is C28H46O. The van der Waals surface area contributed by atoms with Crippen molar-refractivity contribution in [3.63, 3.8) is 0 Å². The first-order chi connectivity index (χ1) is 13.7. The second-order valence-electron chi connectivity index (χ2n) is 11.3. The molecule has 0 aromatic carbocycles. The molecule has 0 aliphatic heterocycles. The van der Waals surface area contributed by atoms with E-state index in [-0.39, 0.29) is 6.10 Å². The van der Waals surface area contributed by atoms with Crippen molar-refractivity contribution in [1.29, 1.82) is 0 Å². The van der Waals surface area contributed by atoms with E-state index in [2.05, 4.69) is 53.3 Å². The average Bonchev–Trinajstić information content (AvgIpc) is 3.04. The molecule has 3 rings (SSSR count). The van der Waals surface area contributed by atoms with Crippen LogP contribution in [0.5, 0.6) is 0 Å². The van der Waals surface area contributed by atoms with Crippen LogP contribution < -0.4 is 0 Å². The molecule has 3 saturated carbocycles. The highest BCUT2D eigenvalue weighted by Crippen LogP contribution is 2.60. The minimum atomic E-state index is -0.174. The largest absolute Gasteiger partial charge is 0.393 e. The lowest BCUT2D eigenvalue weighted by molar-refractivity contribution is 0.0907. The Bertz CT molecular complexity index is 639. The number of fused-ring (bicyclic) bond motifs is 1. The fourth-order valence-corrected chi connectivity index (χ4v) is 6.67. The molecule has 1 heteroatoms. The highest BCUT2D eigenvalue weighted by atomic mass is 16.3. The first-order valence-electron chi connectivity index (χ1n) is 12.5. The minimum absolute atomic E-state index is 0.174. The number of hydrogen-bond donors (Lipinski definition) is 1. The Labute approximate surface area is 180 Å². The van der Waals surface area contributed by atoms with Gasteiger partial charge in [0.2, 0.25) is 0 Å². The van der Waals surface area contributed by atoms with Gasteiger partial charge in [0, 0.05) is 0 Å². The molecule has 0 heterocycles. The molecule has 1 nitrogen and oxygen atoms in total. The lowest BCUT2D eigenvalue weighted by Crippen LogP contribution is -2.36. The standard InChI is InChI=1S/C28H46O/c1-19(2)20(3)9-10-22(5)26-15-16-27-23(8-7-17-28(26,27)6)12-13-24-18-25(29)14-11-21(24)4/h12-13,19-20,22,25-27,29H,4,7-11,14-18H2,1-3,5-6H3/t20-,22+,25-,26+,27?,28+/m0/s1. The summed E-state index contributed by atoms with van der Waals surface area (Å²) in [5.74, 6) is 4.14. The Morgan fingerprint density at radius 3 is 2.55 bits per heavy atom. The molecule has 1 N–H and O–H groups in total. The van der Waals surface area contributed by atoms with Crippen LogP contribution in [0.1, 0.15) is 98.8 Å². The van der Waals surface area contributed by atoms with E-state index in [4.69, 9.17) is 0 Å². The van der Waals surface area contributed by atoms with Crippen molar-refractivity contribution in [3.8, 4) is 0 Å². The van der Waals surface area contributed by atoms with Crippen LogP contribution in [0.15, 0.2) is 35.5 Å². The van der Waals surface area contributed by atoms with Gasteiger partial charge in [-0.05, 0) is 91.9 Å². The predicted octanol–water partition coefficient (Wildman–Crippen LogP) is 7.87. The fourth-order valence-electron chi connectivity index (χ4n) is 6.67. The molecule has 1 unspecified atom stereocenters. The van der Waals surface area contributed by atoms with Gasteiger partial charge in [-0.15, -0.1) is 0 Å². The third kappa shape index (κ3) is 5.09. The number of rotatable bonds is 6. The van der Waals surface area contributed by atoms with Crippen molar-refractivity contribution in [2.75, 3.05) is 0 Å². The van der Waals surface area contributed by atoms with Gasteiger partial charge in [-0.2, -0.15) is 0 Å². The summed E-state index contributed by atoms with van der Waals surface area (Å²) in [6, 6.07) is 0. The summed E-state index contributed by atoms with van der Waals surface area (Å²) in [4.78, 5) is 0.